The molecule has 0 saturated carbocycles. The highest BCUT2D eigenvalue weighted by Crippen LogP contribution is 2.22. The van der Waals surface area contributed by atoms with E-state index in [9.17, 15) is 5.11 Å². The van der Waals surface area contributed by atoms with E-state index >= 15 is 0 Å². The Labute approximate surface area is 210 Å². The van der Waals surface area contributed by atoms with E-state index in [0.717, 1.165) is 37.1 Å². The van der Waals surface area contributed by atoms with Crippen LogP contribution in [-0.4, -0.2) is 41.7 Å². The van der Waals surface area contributed by atoms with E-state index in [2.05, 4.69) is 49.4 Å². The zero-order chi connectivity index (χ0) is 22.7. The van der Waals surface area contributed by atoms with Gasteiger partial charge in [-0.05, 0) is 12.8 Å². The van der Waals surface area contributed by atoms with Gasteiger partial charge < -0.3 is 17.5 Å². The maximum Gasteiger partial charge on any atom is 0.202 e. The Hall–Kier alpha value is -1.16. The number of halogens is 1. The number of hydrogen-bond acceptors (Lipinski definition) is 2. The van der Waals surface area contributed by atoms with Crippen LogP contribution in [0.5, 0.6) is 0 Å². The van der Waals surface area contributed by atoms with Gasteiger partial charge in [0.05, 0.1) is 19.6 Å². The smallest absolute Gasteiger partial charge is 0.202 e. The van der Waals surface area contributed by atoms with Gasteiger partial charge in [-0.1, -0.05) is 120 Å². The summed E-state index contributed by atoms with van der Waals surface area (Å²) < 4.78 is 0.823. The second-order valence-corrected chi connectivity index (χ2v) is 9.61. The normalized spacial score (nSPS) is 17.9. The third kappa shape index (κ3) is 12.2. The van der Waals surface area contributed by atoms with Gasteiger partial charge >= 0.3 is 0 Å². The Morgan fingerprint density at radius 2 is 1.45 bits per heavy atom. The first-order valence-corrected chi connectivity index (χ1v) is 13.5. The third-order valence-corrected chi connectivity index (χ3v) is 6.92. The Morgan fingerprint density at radius 1 is 0.848 bits per heavy atom. The predicted molar refractivity (Wildman–Crippen MR) is 139 cm³/mol. The number of allylic oxidation sites excluding steroid dienone is 1. The molecule has 1 N–H and O–H groups in total. The summed E-state index contributed by atoms with van der Waals surface area (Å²) in [6, 6.07) is 10.7. The highest BCUT2D eigenvalue weighted by Gasteiger charge is 2.37. The fraction of sp³-hybridized carbons (Fsp3) is 0.690. The Kier molecular flexibility index (Phi) is 17.4. The molecule has 1 aromatic carbocycles. The van der Waals surface area contributed by atoms with Gasteiger partial charge in [-0.25, -0.2) is 4.99 Å². The molecule has 188 valence electrons. The number of nitrogens with zero attached hydrogens (tertiary/aromatic N) is 2. The van der Waals surface area contributed by atoms with Crippen molar-refractivity contribution in [3.8, 4) is 0 Å². The van der Waals surface area contributed by atoms with Gasteiger partial charge in [0.15, 0.2) is 0 Å². The second-order valence-electron chi connectivity index (χ2n) is 9.61. The molecule has 0 radical (unpaired) electrons. The molecular formula is C29H49ClN2O. The number of amidine groups is 1. The molecule has 1 heterocycles. The topological polar surface area (TPSA) is 32.6 Å². The molecule has 4 heteroatoms. The predicted octanol–water partition coefficient (Wildman–Crippen LogP) is 4.45. The molecular weight excluding hydrogens is 428 g/mol. The van der Waals surface area contributed by atoms with Gasteiger partial charge in [0.2, 0.25) is 5.84 Å². The van der Waals surface area contributed by atoms with Gasteiger partial charge in [0.1, 0.15) is 19.6 Å². The molecule has 1 aliphatic rings. The van der Waals surface area contributed by atoms with Crippen molar-refractivity contribution in [2.45, 2.75) is 103 Å². The molecule has 0 aromatic heterocycles. The van der Waals surface area contributed by atoms with E-state index in [4.69, 9.17) is 4.99 Å². The van der Waals surface area contributed by atoms with E-state index in [1.807, 2.05) is 0 Å². The molecule has 1 atom stereocenters. The molecule has 3 nitrogen and oxygen atoms in total. The summed E-state index contributed by atoms with van der Waals surface area (Å²) in [5.74, 6) is 1.24. The lowest BCUT2D eigenvalue weighted by molar-refractivity contribution is -0.850. The molecule has 0 fully saturated rings. The van der Waals surface area contributed by atoms with Crippen LogP contribution in [0.25, 0.3) is 0 Å². The van der Waals surface area contributed by atoms with Crippen LogP contribution in [0.4, 0.5) is 0 Å². The number of aliphatic hydroxyl groups excluding tert-OH is 1. The molecule has 0 aliphatic carbocycles. The van der Waals surface area contributed by atoms with Crippen LogP contribution in [0.1, 0.15) is 102 Å². The highest BCUT2D eigenvalue weighted by atomic mass is 35.5. The van der Waals surface area contributed by atoms with Crippen LogP contribution in [0.3, 0.4) is 0 Å². The van der Waals surface area contributed by atoms with Crippen LogP contribution >= 0.6 is 0 Å². The van der Waals surface area contributed by atoms with E-state index < -0.39 is 0 Å². The quantitative estimate of drug-likeness (QED) is 0.178. The average Bonchev–Trinajstić information content (AvgIpc) is 3.19. The summed E-state index contributed by atoms with van der Waals surface area (Å²) in [5, 5.41) is 9.70. The number of benzene rings is 1. The molecule has 33 heavy (non-hydrogen) atoms. The monoisotopic (exact) mass is 476 g/mol. The van der Waals surface area contributed by atoms with E-state index in [1.54, 1.807) is 0 Å². The van der Waals surface area contributed by atoms with Crippen LogP contribution in [0, 0.1) is 0 Å². The molecule has 0 bridgehead atoms. The summed E-state index contributed by atoms with van der Waals surface area (Å²) in [5.41, 5.74) is 1.33. The maximum absolute atomic E-state index is 9.70. The molecule has 0 saturated heterocycles. The first kappa shape index (κ1) is 29.9. The lowest BCUT2D eigenvalue weighted by Gasteiger charge is -2.34. The molecule has 2 rings (SSSR count). The fourth-order valence-corrected chi connectivity index (χ4v) is 4.93. The molecule has 1 unspecified atom stereocenters. The summed E-state index contributed by atoms with van der Waals surface area (Å²) in [6.45, 7) is 6.10. The third-order valence-electron chi connectivity index (χ3n) is 6.92. The minimum absolute atomic E-state index is 0. The van der Waals surface area contributed by atoms with Gasteiger partial charge in [-0.15, -0.1) is 0 Å². The Balaban J connectivity index is 0.00000544. The summed E-state index contributed by atoms with van der Waals surface area (Å²) in [7, 11) is 0. The zero-order valence-electron chi connectivity index (χ0n) is 21.2. The molecule has 1 aromatic rings. The van der Waals surface area contributed by atoms with Crippen LogP contribution in [0.2, 0.25) is 0 Å². The number of rotatable bonds is 19. The number of unbranched alkanes of at least 4 members (excludes halogenated alkanes) is 12. The van der Waals surface area contributed by atoms with Crippen molar-refractivity contribution in [3.05, 3.63) is 48.0 Å². The van der Waals surface area contributed by atoms with Crippen LogP contribution < -0.4 is 12.4 Å². The summed E-state index contributed by atoms with van der Waals surface area (Å²) in [6.07, 6.45) is 23.6. The number of quaternary nitrogens is 1. The largest absolute Gasteiger partial charge is 1.00 e. The van der Waals surface area contributed by atoms with E-state index in [0.29, 0.717) is 0 Å². The van der Waals surface area contributed by atoms with Gasteiger partial charge in [-0.2, -0.15) is 0 Å². The van der Waals surface area contributed by atoms with Crippen molar-refractivity contribution < 1.29 is 22.0 Å². The number of hydrogen-bond donors (Lipinski definition) is 1. The van der Waals surface area contributed by atoms with Crippen molar-refractivity contribution in [1.29, 1.82) is 0 Å². The minimum Gasteiger partial charge on any atom is -1.00 e. The zero-order valence-corrected chi connectivity index (χ0v) is 22.0. The van der Waals surface area contributed by atoms with Crippen molar-refractivity contribution in [1.82, 2.24) is 0 Å². The Bertz CT molecular complexity index is 646. The van der Waals surface area contributed by atoms with Crippen molar-refractivity contribution in [2.24, 2.45) is 4.99 Å². The van der Waals surface area contributed by atoms with Gasteiger partial charge in [0.25, 0.3) is 0 Å². The molecule has 1 aliphatic heterocycles. The Morgan fingerprint density at radius 3 is 2.06 bits per heavy atom. The van der Waals surface area contributed by atoms with E-state index in [1.165, 1.54) is 94.9 Å². The number of aliphatic imine (C=N–C) groups is 1. The van der Waals surface area contributed by atoms with Crippen molar-refractivity contribution in [2.75, 3.05) is 26.2 Å². The standard InChI is InChI=1S/C29H49N2O.ClH/c1-2-3-4-5-6-7-8-9-10-11-12-13-14-15-19-22-29-30-23-24-31(29,25-26-32)27-28-20-17-16-18-21-28;/h15-21,32H,2-14,22-27H2,1H3;1H/q+1;/p-1. The minimum atomic E-state index is 0. The van der Waals surface area contributed by atoms with Crippen LogP contribution in [-0.2, 0) is 6.54 Å². The lowest BCUT2D eigenvalue weighted by atomic mass is 10.0. The lowest BCUT2D eigenvalue weighted by Crippen LogP contribution is -3.00. The summed E-state index contributed by atoms with van der Waals surface area (Å²) >= 11 is 0. The van der Waals surface area contributed by atoms with E-state index in [-0.39, 0.29) is 19.0 Å². The van der Waals surface area contributed by atoms with Crippen molar-refractivity contribution in [3.63, 3.8) is 0 Å². The SMILES string of the molecule is CCCCCCCCCCCCCCC=CCC1=NCC[N+]1(CCO)Cc1ccccc1.[Cl-]. The first-order chi connectivity index (χ1) is 15.8. The van der Waals surface area contributed by atoms with Crippen molar-refractivity contribution >= 4 is 5.84 Å². The number of aliphatic hydroxyl groups is 1. The average molecular weight is 477 g/mol. The highest BCUT2D eigenvalue weighted by molar-refractivity contribution is 5.78. The fourth-order valence-electron chi connectivity index (χ4n) is 4.93. The second kappa shape index (κ2) is 19.2. The van der Waals surface area contributed by atoms with Gasteiger partial charge in [-0.3, -0.25) is 4.48 Å². The molecule has 0 amide bonds. The summed E-state index contributed by atoms with van der Waals surface area (Å²) in [4.78, 5) is 4.83. The van der Waals surface area contributed by atoms with Gasteiger partial charge in [0, 0.05) is 5.56 Å². The molecule has 0 spiro atoms. The first-order valence-electron chi connectivity index (χ1n) is 13.5. The maximum atomic E-state index is 9.70. The van der Waals surface area contributed by atoms with Crippen LogP contribution in [0.15, 0.2) is 47.5 Å².